The molecule has 0 atom stereocenters. The number of thiophene rings is 1. The monoisotopic (exact) mass is 265 g/mol. The van der Waals surface area contributed by atoms with E-state index in [0.29, 0.717) is 6.54 Å². The molecule has 2 aromatic rings. The molecule has 0 bridgehead atoms. The van der Waals surface area contributed by atoms with Gasteiger partial charge in [0.2, 0.25) is 0 Å². The number of nitrogens with two attached hydrogens (primary N) is 1. The predicted octanol–water partition coefficient (Wildman–Crippen LogP) is 2.36. The highest BCUT2D eigenvalue weighted by Crippen LogP contribution is 2.33. The Hall–Kier alpha value is -0.780. The van der Waals surface area contributed by atoms with Gasteiger partial charge in [-0.2, -0.15) is 28.2 Å². The summed E-state index contributed by atoms with van der Waals surface area (Å²) in [7, 11) is 0. The largest absolute Gasteiger partial charge is 0.329 e. The van der Waals surface area contributed by atoms with Crippen molar-refractivity contribution >= 4 is 23.1 Å². The first-order valence-corrected chi connectivity index (χ1v) is 7.89. The van der Waals surface area contributed by atoms with Crippen molar-refractivity contribution in [3.05, 3.63) is 28.1 Å². The maximum absolute atomic E-state index is 5.66. The lowest BCUT2D eigenvalue weighted by Crippen LogP contribution is -2.15. The van der Waals surface area contributed by atoms with Crippen molar-refractivity contribution in [2.75, 3.05) is 12.3 Å². The topological polar surface area (TPSA) is 43.8 Å². The van der Waals surface area contributed by atoms with Gasteiger partial charge in [-0.05, 0) is 23.6 Å². The van der Waals surface area contributed by atoms with Crippen LogP contribution in [0.2, 0.25) is 0 Å². The average Bonchev–Trinajstić information content (AvgIpc) is 2.97. The molecule has 0 aromatic carbocycles. The van der Waals surface area contributed by atoms with Gasteiger partial charge in [0.05, 0.1) is 12.2 Å². The number of nitrogens with zero attached hydrogens (tertiary/aromatic N) is 2. The van der Waals surface area contributed by atoms with Crippen LogP contribution in [0.15, 0.2) is 16.8 Å². The van der Waals surface area contributed by atoms with E-state index in [1.54, 1.807) is 11.3 Å². The molecule has 1 aliphatic heterocycles. The molecule has 0 saturated carbocycles. The molecule has 1 aliphatic rings. The van der Waals surface area contributed by atoms with Gasteiger partial charge in [-0.25, -0.2) is 0 Å². The fourth-order valence-electron chi connectivity index (χ4n) is 2.25. The van der Waals surface area contributed by atoms with Gasteiger partial charge in [-0.3, -0.25) is 4.68 Å². The summed E-state index contributed by atoms with van der Waals surface area (Å²) >= 11 is 3.73. The number of hydrogen-bond donors (Lipinski definition) is 1. The van der Waals surface area contributed by atoms with Gasteiger partial charge in [-0.1, -0.05) is 0 Å². The Morgan fingerprint density at radius 3 is 3.18 bits per heavy atom. The van der Waals surface area contributed by atoms with Crippen molar-refractivity contribution in [3.8, 4) is 11.3 Å². The number of hydrogen-bond acceptors (Lipinski definition) is 4. The molecule has 0 spiro atoms. The zero-order valence-corrected chi connectivity index (χ0v) is 11.2. The summed E-state index contributed by atoms with van der Waals surface area (Å²) in [6.07, 6.45) is 1.12. The van der Waals surface area contributed by atoms with Gasteiger partial charge < -0.3 is 5.73 Å². The predicted molar refractivity (Wildman–Crippen MR) is 74.5 cm³/mol. The van der Waals surface area contributed by atoms with E-state index in [0.717, 1.165) is 18.7 Å². The first kappa shape index (κ1) is 11.3. The van der Waals surface area contributed by atoms with Gasteiger partial charge >= 0.3 is 0 Å². The Bertz CT molecular complexity index is 502. The number of aromatic nitrogens is 2. The first-order valence-electron chi connectivity index (χ1n) is 5.79. The van der Waals surface area contributed by atoms with Crippen molar-refractivity contribution < 1.29 is 0 Å². The van der Waals surface area contributed by atoms with E-state index in [4.69, 9.17) is 10.8 Å². The summed E-state index contributed by atoms with van der Waals surface area (Å²) in [6, 6.07) is 2.15. The normalized spacial score (nSPS) is 14.9. The molecule has 17 heavy (non-hydrogen) atoms. The quantitative estimate of drug-likeness (QED) is 0.926. The lowest BCUT2D eigenvalue weighted by Gasteiger charge is -2.13. The van der Waals surface area contributed by atoms with Gasteiger partial charge in [0.15, 0.2) is 0 Å². The van der Waals surface area contributed by atoms with Crippen LogP contribution in [0.4, 0.5) is 0 Å². The SMILES string of the molecule is NCCn1nc(-c2ccsc2)c2c1CCSC2. The van der Waals surface area contributed by atoms with Crippen molar-refractivity contribution in [1.29, 1.82) is 0 Å². The standard InChI is InChI=1S/C12H15N3S2/c13-3-4-15-11-2-6-17-8-10(11)12(14-15)9-1-5-16-7-9/h1,5,7H,2-4,6,8,13H2. The van der Waals surface area contributed by atoms with Gasteiger partial charge in [0.1, 0.15) is 0 Å². The third-order valence-electron chi connectivity index (χ3n) is 3.03. The van der Waals surface area contributed by atoms with E-state index in [1.807, 2.05) is 11.8 Å². The molecule has 5 heteroatoms. The summed E-state index contributed by atoms with van der Waals surface area (Å²) in [5, 5.41) is 9.04. The maximum atomic E-state index is 5.66. The van der Waals surface area contributed by atoms with Crippen molar-refractivity contribution in [2.45, 2.75) is 18.7 Å². The van der Waals surface area contributed by atoms with E-state index in [2.05, 4.69) is 21.5 Å². The number of fused-ring (bicyclic) bond motifs is 1. The smallest absolute Gasteiger partial charge is 0.0974 e. The number of rotatable bonds is 3. The second kappa shape index (κ2) is 4.84. The zero-order chi connectivity index (χ0) is 11.7. The molecule has 0 radical (unpaired) electrons. The lowest BCUT2D eigenvalue weighted by atomic mass is 10.1. The summed E-state index contributed by atoms with van der Waals surface area (Å²) in [6.45, 7) is 1.49. The van der Waals surface area contributed by atoms with Crippen LogP contribution in [-0.2, 0) is 18.7 Å². The van der Waals surface area contributed by atoms with E-state index in [-0.39, 0.29) is 0 Å². The van der Waals surface area contributed by atoms with Gasteiger partial charge in [-0.15, -0.1) is 0 Å². The molecule has 0 aliphatic carbocycles. The van der Waals surface area contributed by atoms with Crippen LogP contribution in [0.1, 0.15) is 11.3 Å². The van der Waals surface area contributed by atoms with E-state index >= 15 is 0 Å². The van der Waals surface area contributed by atoms with Crippen LogP contribution < -0.4 is 5.73 Å². The summed E-state index contributed by atoms with van der Waals surface area (Å²) in [4.78, 5) is 0. The molecule has 90 valence electrons. The van der Waals surface area contributed by atoms with E-state index in [1.165, 1.54) is 28.3 Å². The first-order chi connectivity index (χ1) is 8.40. The second-order valence-electron chi connectivity index (χ2n) is 4.10. The third kappa shape index (κ3) is 2.03. The fourth-order valence-corrected chi connectivity index (χ4v) is 3.88. The Morgan fingerprint density at radius 2 is 2.41 bits per heavy atom. The summed E-state index contributed by atoms with van der Waals surface area (Å²) in [5.41, 5.74) is 10.9. The minimum Gasteiger partial charge on any atom is -0.329 e. The van der Waals surface area contributed by atoms with Crippen LogP contribution in [0.3, 0.4) is 0 Å². The lowest BCUT2D eigenvalue weighted by molar-refractivity contribution is 0.597. The zero-order valence-electron chi connectivity index (χ0n) is 9.56. The highest BCUT2D eigenvalue weighted by atomic mass is 32.2. The molecule has 2 N–H and O–H groups in total. The van der Waals surface area contributed by atoms with Crippen molar-refractivity contribution in [3.63, 3.8) is 0 Å². The molecule has 0 saturated heterocycles. The second-order valence-corrected chi connectivity index (χ2v) is 5.99. The minimum absolute atomic E-state index is 0.657. The number of thioether (sulfide) groups is 1. The molecule has 2 aromatic heterocycles. The van der Waals surface area contributed by atoms with Gasteiger partial charge in [0, 0.05) is 34.5 Å². The molecule has 3 heterocycles. The molecular weight excluding hydrogens is 250 g/mol. The van der Waals surface area contributed by atoms with Crippen molar-refractivity contribution in [1.82, 2.24) is 9.78 Å². The average molecular weight is 265 g/mol. The van der Waals surface area contributed by atoms with Crippen LogP contribution in [-0.4, -0.2) is 22.1 Å². The Balaban J connectivity index is 2.09. The van der Waals surface area contributed by atoms with Crippen LogP contribution >= 0.6 is 23.1 Å². The molecule has 3 rings (SSSR count). The summed E-state index contributed by atoms with van der Waals surface area (Å²) < 4.78 is 2.11. The molecular formula is C12H15N3S2. The summed E-state index contributed by atoms with van der Waals surface area (Å²) in [5.74, 6) is 2.29. The maximum Gasteiger partial charge on any atom is 0.0974 e. The third-order valence-corrected chi connectivity index (χ3v) is 4.70. The van der Waals surface area contributed by atoms with E-state index in [9.17, 15) is 0 Å². The van der Waals surface area contributed by atoms with Gasteiger partial charge in [0.25, 0.3) is 0 Å². The minimum atomic E-state index is 0.657. The Morgan fingerprint density at radius 1 is 1.47 bits per heavy atom. The molecule has 0 unspecified atom stereocenters. The van der Waals surface area contributed by atoms with Crippen LogP contribution in [0.5, 0.6) is 0 Å². The molecule has 0 amide bonds. The van der Waals surface area contributed by atoms with E-state index < -0.39 is 0 Å². The highest BCUT2D eigenvalue weighted by molar-refractivity contribution is 7.98. The van der Waals surface area contributed by atoms with Crippen LogP contribution in [0, 0.1) is 0 Å². The fraction of sp³-hybridized carbons (Fsp3) is 0.417. The molecule has 3 nitrogen and oxygen atoms in total. The van der Waals surface area contributed by atoms with Crippen LogP contribution in [0.25, 0.3) is 11.3 Å². The highest BCUT2D eigenvalue weighted by Gasteiger charge is 2.21. The Kier molecular flexibility index (Phi) is 3.22. The molecule has 0 fully saturated rings. The Labute approximate surface area is 109 Å². The van der Waals surface area contributed by atoms with Crippen molar-refractivity contribution in [2.24, 2.45) is 5.73 Å².